The minimum absolute atomic E-state index is 0.261. The van der Waals surface area contributed by atoms with Crippen molar-refractivity contribution < 1.29 is 9.53 Å². The summed E-state index contributed by atoms with van der Waals surface area (Å²) in [4.78, 5) is 23.3. The monoisotopic (exact) mass is 261 g/mol. The first-order valence-corrected chi connectivity index (χ1v) is 5.70. The molecule has 7 heteroatoms. The standard InChI is InChI=1S/C12H15N5O2/c1-12(2,3)19-11(18)17(13-4)9-7-15-10-8(16-9)5-6-14-10/h5-7H,4H2,1-3H3,(H,14,15). The van der Waals surface area contributed by atoms with Crippen LogP contribution in [0.2, 0.25) is 0 Å². The van der Waals surface area contributed by atoms with E-state index in [1.165, 1.54) is 6.20 Å². The van der Waals surface area contributed by atoms with Crippen LogP contribution in [0.4, 0.5) is 10.6 Å². The molecule has 0 saturated heterocycles. The molecule has 2 rings (SSSR count). The van der Waals surface area contributed by atoms with Gasteiger partial charge in [-0.3, -0.25) is 0 Å². The Morgan fingerprint density at radius 3 is 2.89 bits per heavy atom. The van der Waals surface area contributed by atoms with Crippen molar-refractivity contribution in [1.29, 1.82) is 0 Å². The average Bonchev–Trinajstić information content (AvgIpc) is 2.74. The topological polar surface area (TPSA) is 83.5 Å². The Labute approximate surface area is 110 Å². The Bertz CT molecular complexity index is 614. The highest BCUT2D eigenvalue weighted by molar-refractivity contribution is 5.87. The number of hydrazone groups is 1. The zero-order valence-corrected chi connectivity index (χ0v) is 11.0. The summed E-state index contributed by atoms with van der Waals surface area (Å²) >= 11 is 0. The van der Waals surface area contributed by atoms with Gasteiger partial charge in [-0.05, 0) is 26.8 Å². The summed E-state index contributed by atoms with van der Waals surface area (Å²) in [7, 11) is 0. The summed E-state index contributed by atoms with van der Waals surface area (Å²) in [5, 5.41) is 4.61. The fraction of sp³-hybridized carbons (Fsp3) is 0.333. The van der Waals surface area contributed by atoms with Crippen molar-refractivity contribution in [2.75, 3.05) is 5.01 Å². The van der Waals surface area contributed by atoms with Crippen LogP contribution in [-0.4, -0.2) is 33.4 Å². The quantitative estimate of drug-likeness (QED) is 0.664. The molecule has 0 aliphatic carbocycles. The summed E-state index contributed by atoms with van der Waals surface area (Å²) in [6.45, 7) is 8.67. The first-order valence-electron chi connectivity index (χ1n) is 5.70. The Balaban J connectivity index is 2.30. The summed E-state index contributed by atoms with van der Waals surface area (Å²) < 4.78 is 5.22. The molecule has 100 valence electrons. The van der Waals surface area contributed by atoms with Crippen LogP contribution in [0.5, 0.6) is 0 Å². The minimum Gasteiger partial charge on any atom is -0.442 e. The molecule has 0 aliphatic heterocycles. The first-order chi connectivity index (χ1) is 8.90. The van der Waals surface area contributed by atoms with Crippen molar-refractivity contribution in [3.05, 3.63) is 18.5 Å². The zero-order valence-electron chi connectivity index (χ0n) is 11.0. The summed E-state index contributed by atoms with van der Waals surface area (Å²) in [6, 6.07) is 1.75. The number of ether oxygens (including phenoxy) is 1. The lowest BCUT2D eigenvalue weighted by Crippen LogP contribution is -2.33. The first kappa shape index (κ1) is 13.0. The second-order valence-electron chi connectivity index (χ2n) is 4.87. The molecule has 2 aromatic rings. The van der Waals surface area contributed by atoms with Gasteiger partial charge < -0.3 is 9.72 Å². The molecule has 0 bridgehead atoms. The molecule has 0 saturated carbocycles. The number of aromatic nitrogens is 3. The third-order valence-electron chi connectivity index (χ3n) is 2.17. The smallest absolute Gasteiger partial charge is 0.437 e. The minimum atomic E-state index is -0.647. The van der Waals surface area contributed by atoms with Gasteiger partial charge in [-0.15, -0.1) is 5.01 Å². The van der Waals surface area contributed by atoms with Gasteiger partial charge in [0.15, 0.2) is 11.5 Å². The van der Waals surface area contributed by atoms with Crippen molar-refractivity contribution in [2.24, 2.45) is 5.10 Å². The summed E-state index contributed by atoms with van der Waals surface area (Å²) in [6.07, 6.45) is 2.50. The van der Waals surface area contributed by atoms with E-state index in [1.807, 2.05) is 0 Å². The van der Waals surface area contributed by atoms with E-state index in [1.54, 1.807) is 33.0 Å². The van der Waals surface area contributed by atoms with E-state index in [0.29, 0.717) is 11.2 Å². The third-order valence-corrected chi connectivity index (χ3v) is 2.17. The molecule has 2 heterocycles. The van der Waals surface area contributed by atoms with Gasteiger partial charge in [-0.2, -0.15) is 5.10 Å². The Kier molecular flexibility index (Phi) is 3.20. The van der Waals surface area contributed by atoms with Crippen LogP contribution >= 0.6 is 0 Å². The summed E-state index contributed by atoms with van der Waals surface area (Å²) in [5.41, 5.74) is 0.651. The van der Waals surface area contributed by atoms with Crippen LogP contribution in [0.15, 0.2) is 23.6 Å². The number of H-pyrrole nitrogens is 1. The van der Waals surface area contributed by atoms with Gasteiger partial charge in [0.05, 0.1) is 6.20 Å². The predicted octanol–water partition coefficient (Wildman–Crippen LogP) is 2.32. The van der Waals surface area contributed by atoms with Gasteiger partial charge in [-0.25, -0.2) is 14.8 Å². The van der Waals surface area contributed by atoms with Gasteiger partial charge in [0, 0.05) is 12.9 Å². The van der Waals surface area contributed by atoms with Crippen molar-refractivity contribution in [3.63, 3.8) is 0 Å². The highest BCUT2D eigenvalue weighted by Gasteiger charge is 2.24. The maximum atomic E-state index is 12.0. The molecule has 2 aromatic heterocycles. The third kappa shape index (κ3) is 2.87. The molecule has 0 radical (unpaired) electrons. The van der Waals surface area contributed by atoms with E-state index < -0.39 is 11.7 Å². The van der Waals surface area contributed by atoms with Gasteiger partial charge in [0.2, 0.25) is 0 Å². The van der Waals surface area contributed by atoms with Crippen molar-refractivity contribution >= 4 is 29.8 Å². The molecule has 0 unspecified atom stereocenters. The van der Waals surface area contributed by atoms with Gasteiger partial charge in [-0.1, -0.05) is 0 Å². The Morgan fingerprint density at radius 1 is 1.53 bits per heavy atom. The number of nitrogens with zero attached hydrogens (tertiary/aromatic N) is 4. The average molecular weight is 261 g/mol. The molecule has 0 aliphatic rings. The lowest BCUT2D eigenvalue weighted by Gasteiger charge is -2.23. The second kappa shape index (κ2) is 4.68. The van der Waals surface area contributed by atoms with Crippen LogP contribution in [0.25, 0.3) is 11.2 Å². The van der Waals surface area contributed by atoms with Gasteiger partial charge in [0.1, 0.15) is 11.1 Å². The fourth-order valence-electron chi connectivity index (χ4n) is 1.45. The van der Waals surface area contributed by atoms with Crippen molar-refractivity contribution in [1.82, 2.24) is 15.0 Å². The number of anilines is 1. The number of nitrogens with one attached hydrogen (secondary N) is 1. The molecule has 7 nitrogen and oxygen atoms in total. The fourth-order valence-corrected chi connectivity index (χ4v) is 1.45. The molecule has 19 heavy (non-hydrogen) atoms. The zero-order chi connectivity index (χ0) is 14.0. The Morgan fingerprint density at radius 2 is 2.26 bits per heavy atom. The predicted molar refractivity (Wildman–Crippen MR) is 72.2 cm³/mol. The number of hydrogen-bond acceptors (Lipinski definition) is 5. The van der Waals surface area contributed by atoms with Crippen molar-refractivity contribution in [2.45, 2.75) is 26.4 Å². The summed E-state index contributed by atoms with van der Waals surface area (Å²) in [5.74, 6) is 0.261. The van der Waals surface area contributed by atoms with Gasteiger partial charge >= 0.3 is 6.09 Å². The number of hydrogen-bond donors (Lipinski definition) is 1. The Hall–Kier alpha value is -2.44. The molecule has 0 spiro atoms. The SMILES string of the molecule is C=NN(C(=O)OC(C)(C)C)c1cnc2[nH]ccc2n1. The number of rotatable bonds is 2. The highest BCUT2D eigenvalue weighted by Crippen LogP contribution is 2.18. The molecule has 1 N–H and O–H groups in total. The highest BCUT2D eigenvalue weighted by atomic mass is 16.6. The van der Waals surface area contributed by atoms with Gasteiger partial charge in [0.25, 0.3) is 0 Å². The number of carbonyl (C=O) groups is 1. The van der Waals surface area contributed by atoms with E-state index in [2.05, 4.69) is 26.8 Å². The molecular weight excluding hydrogens is 246 g/mol. The normalized spacial score (nSPS) is 11.3. The van der Waals surface area contributed by atoms with E-state index in [4.69, 9.17) is 4.74 Å². The second-order valence-corrected chi connectivity index (χ2v) is 4.87. The number of fused-ring (bicyclic) bond motifs is 1. The van der Waals surface area contributed by atoms with Crippen LogP contribution in [0.1, 0.15) is 20.8 Å². The number of amides is 1. The van der Waals surface area contributed by atoms with Crippen LogP contribution in [0, 0.1) is 0 Å². The maximum Gasteiger partial charge on any atom is 0.437 e. The number of aromatic amines is 1. The lowest BCUT2D eigenvalue weighted by atomic mass is 10.2. The lowest BCUT2D eigenvalue weighted by molar-refractivity contribution is 0.0580. The maximum absolute atomic E-state index is 12.0. The van der Waals surface area contributed by atoms with E-state index >= 15 is 0 Å². The largest absolute Gasteiger partial charge is 0.442 e. The molecule has 1 amide bonds. The van der Waals surface area contributed by atoms with Crippen LogP contribution < -0.4 is 5.01 Å². The molecule has 0 aromatic carbocycles. The van der Waals surface area contributed by atoms with Crippen LogP contribution in [0.3, 0.4) is 0 Å². The number of carbonyl (C=O) groups excluding carboxylic acids is 1. The molecular formula is C12H15N5O2. The molecule has 0 atom stereocenters. The van der Waals surface area contributed by atoms with E-state index in [9.17, 15) is 4.79 Å². The van der Waals surface area contributed by atoms with E-state index in [-0.39, 0.29) is 5.82 Å². The molecule has 0 fully saturated rings. The van der Waals surface area contributed by atoms with E-state index in [0.717, 1.165) is 5.01 Å². The van der Waals surface area contributed by atoms with Crippen molar-refractivity contribution in [3.8, 4) is 0 Å². The van der Waals surface area contributed by atoms with Crippen LogP contribution in [-0.2, 0) is 4.74 Å².